The van der Waals surface area contributed by atoms with E-state index in [2.05, 4.69) is 54.4 Å². The topological polar surface area (TPSA) is 36.8 Å². The Labute approximate surface area is 167 Å². The number of hydrogen-bond donors (Lipinski definition) is 2. The normalized spacial score (nSPS) is 16.2. The summed E-state index contributed by atoms with van der Waals surface area (Å²) < 4.78 is 0. The van der Waals surface area contributed by atoms with Crippen LogP contribution in [0.3, 0.4) is 0 Å². The molecule has 2 N–H and O–H groups in total. The van der Waals surface area contributed by atoms with Gasteiger partial charge in [0.25, 0.3) is 5.91 Å². The molecule has 0 radical (unpaired) electrons. The summed E-state index contributed by atoms with van der Waals surface area (Å²) in [6.45, 7) is 8.44. The van der Waals surface area contributed by atoms with E-state index in [1.165, 1.54) is 16.0 Å². The molecule has 1 amide bonds. The number of halogens is 1. The number of nitrogens with zero attached hydrogens (tertiary/aromatic N) is 1. The molecule has 144 valence electrons. The van der Waals surface area contributed by atoms with E-state index in [9.17, 15) is 4.79 Å². The molecule has 0 bridgehead atoms. The smallest absolute Gasteiger partial charge is 0.275 e. The molecule has 5 heteroatoms. The molecule has 1 fully saturated rings. The van der Waals surface area contributed by atoms with Crippen molar-refractivity contribution >= 4 is 23.2 Å². The second-order valence-electron chi connectivity index (χ2n) is 7.30. The molecule has 1 aliphatic heterocycles. The molecular formula is C22H29ClN3O+. The molecule has 0 spiro atoms. The molecular weight excluding hydrogens is 358 g/mol. The van der Waals surface area contributed by atoms with Gasteiger partial charge in [0.2, 0.25) is 0 Å². The third-order valence-electron chi connectivity index (χ3n) is 5.30. The Morgan fingerprint density at radius 3 is 2.44 bits per heavy atom. The first-order chi connectivity index (χ1) is 13.1. The van der Waals surface area contributed by atoms with Crippen LogP contribution in [0.5, 0.6) is 0 Å². The van der Waals surface area contributed by atoms with Gasteiger partial charge in [-0.15, -0.1) is 0 Å². The molecule has 1 saturated heterocycles. The molecule has 0 aliphatic carbocycles. The number of aryl methyl sites for hydroxylation is 1. The number of para-hydroxylation sites is 1. The monoisotopic (exact) mass is 386 g/mol. The fourth-order valence-electron chi connectivity index (χ4n) is 3.64. The van der Waals surface area contributed by atoms with Crippen molar-refractivity contribution in [2.24, 2.45) is 0 Å². The predicted octanol–water partition coefficient (Wildman–Crippen LogP) is 2.62. The van der Waals surface area contributed by atoms with Gasteiger partial charge < -0.3 is 15.1 Å². The Morgan fingerprint density at radius 2 is 1.81 bits per heavy atom. The Hall–Kier alpha value is -2.04. The fourth-order valence-corrected chi connectivity index (χ4v) is 3.90. The number of nitrogens with one attached hydrogen (secondary N) is 2. The second kappa shape index (κ2) is 9.25. The van der Waals surface area contributed by atoms with E-state index in [-0.39, 0.29) is 11.9 Å². The maximum absolute atomic E-state index is 12.6. The molecule has 1 atom stereocenters. The number of anilines is 1. The van der Waals surface area contributed by atoms with Gasteiger partial charge in [-0.25, -0.2) is 0 Å². The summed E-state index contributed by atoms with van der Waals surface area (Å²) in [5.74, 6) is 0.128. The maximum Gasteiger partial charge on any atom is 0.275 e. The van der Waals surface area contributed by atoms with Crippen molar-refractivity contribution in [1.29, 1.82) is 0 Å². The number of carbonyl (C=O) groups excluding carboxylic acids is 1. The van der Waals surface area contributed by atoms with Gasteiger partial charge in [0.05, 0.1) is 42.9 Å². The lowest BCUT2D eigenvalue weighted by molar-refractivity contribution is -0.892. The number of hydrogen-bond acceptors (Lipinski definition) is 2. The average Bonchev–Trinajstić information content (AvgIpc) is 2.68. The van der Waals surface area contributed by atoms with Crippen LogP contribution in [0.4, 0.5) is 5.69 Å². The molecule has 4 nitrogen and oxygen atoms in total. The molecule has 0 saturated carbocycles. The number of quaternary nitrogens is 1. The molecule has 1 heterocycles. The van der Waals surface area contributed by atoms with Crippen molar-refractivity contribution in [2.75, 3.05) is 37.6 Å². The SMILES string of the molecule is CC[C@H](NC(=O)C[NH+]1CCN(c2ccccc2Cl)CC1)c1ccc(C)cc1. The fraction of sp³-hybridized carbons (Fsp3) is 0.409. The standard InChI is InChI=1S/C22H28ClN3O/c1-3-20(18-10-8-17(2)9-11-18)24-22(27)16-25-12-14-26(15-13-25)21-7-5-4-6-19(21)23/h4-11,20H,3,12-16H2,1-2H3,(H,24,27)/p+1/t20-/m0/s1. The number of carbonyl (C=O) groups is 1. The van der Waals surface area contributed by atoms with Crippen molar-refractivity contribution in [3.05, 3.63) is 64.7 Å². The van der Waals surface area contributed by atoms with E-state index in [0.29, 0.717) is 6.54 Å². The first kappa shape index (κ1) is 19.7. The average molecular weight is 387 g/mol. The van der Waals surface area contributed by atoms with Crippen LogP contribution in [-0.4, -0.2) is 38.6 Å². The molecule has 3 rings (SSSR count). The van der Waals surface area contributed by atoms with Crippen LogP contribution in [0.2, 0.25) is 5.02 Å². The largest absolute Gasteiger partial charge is 0.359 e. The molecule has 1 aliphatic rings. The third kappa shape index (κ3) is 5.24. The number of rotatable bonds is 6. The quantitative estimate of drug-likeness (QED) is 0.800. The van der Waals surface area contributed by atoms with E-state index in [0.717, 1.165) is 43.3 Å². The van der Waals surface area contributed by atoms with Gasteiger partial charge in [-0.1, -0.05) is 60.5 Å². The first-order valence-corrected chi connectivity index (χ1v) is 10.1. The summed E-state index contributed by atoms with van der Waals surface area (Å²) in [5, 5.41) is 4.00. The summed E-state index contributed by atoms with van der Waals surface area (Å²) in [6, 6.07) is 16.5. The minimum Gasteiger partial charge on any atom is -0.359 e. The van der Waals surface area contributed by atoms with Gasteiger partial charge in [-0.05, 0) is 31.0 Å². The maximum atomic E-state index is 12.6. The van der Waals surface area contributed by atoms with Crippen LogP contribution < -0.4 is 15.1 Å². The Kier molecular flexibility index (Phi) is 6.75. The van der Waals surface area contributed by atoms with E-state index in [1.54, 1.807) is 0 Å². The van der Waals surface area contributed by atoms with Crippen molar-refractivity contribution in [2.45, 2.75) is 26.3 Å². The van der Waals surface area contributed by atoms with Crippen molar-refractivity contribution in [3.8, 4) is 0 Å². The Balaban J connectivity index is 1.50. The zero-order valence-corrected chi connectivity index (χ0v) is 16.9. The van der Waals surface area contributed by atoms with Crippen LogP contribution in [0.15, 0.2) is 48.5 Å². The van der Waals surface area contributed by atoms with Crippen molar-refractivity contribution in [1.82, 2.24) is 5.32 Å². The highest BCUT2D eigenvalue weighted by Gasteiger charge is 2.24. The predicted molar refractivity (Wildman–Crippen MR) is 112 cm³/mol. The first-order valence-electron chi connectivity index (χ1n) is 9.75. The molecule has 0 aromatic heterocycles. The lowest BCUT2D eigenvalue weighted by Gasteiger charge is -2.34. The minimum absolute atomic E-state index is 0.0851. The van der Waals surface area contributed by atoms with E-state index < -0.39 is 0 Å². The second-order valence-corrected chi connectivity index (χ2v) is 7.71. The van der Waals surface area contributed by atoms with Gasteiger partial charge in [-0.2, -0.15) is 0 Å². The van der Waals surface area contributed by atoms with E-state index in [4.69, 9.17) is 11.6 Å². The number of benzene rings is 2. The zero-order chi connectivity index (χ0) is 19.2. The highest BCUT2D eigenvalue weighted by atomic mass is 35.5. The molecule has 27 heavy (non-hydrogen) atoms. The Bertz CT molecular complexity index is 754. The number of piperazine rings is 1. The van der Waals surface area contributed by atoms with Crippen molar-refractivity contribution < 1.29 is 9.69 Å². The summed E-state index contributed by atoms with van der Waals surface area (Å²) in [4.78, 5) is 16.2. The van der Waals surface area contributed by atoms with Crippen molar-refractivity contribution in [3.63, 3.8) is 0 Å². The Morgan fingerprint density at radius 1 is 1.15 bits per heavy atom. The van der Waals surface area contributed by atoms with E-state index in [1.807, 2.05) is 18.2 Å². The third-order valence-corrected chi connectivity index (χ3v) is 5.62. The molecule has 2 aromatic carbocycles. The van der Waals surface area contributed by atoms with E-state index >= 15 is 0 Å². The van der Waals surface area contributed by atoms with Gasteiger partial charge in [0, 0.05) is 0 Å². The lowest BCUT2D eigenvalue weighted by Crippen LogP contribution is -3.16. The lowest BCUT2D eigenvalue weighted by atomic mass is 10.0. The van der Waals surface area contributed by atoms with Crippen LogP contribution in [-0.2, 0) is 4.79 Å². The van der Waals surface area contributed by atoms with Gasteiger partial charge in [0.15, 0.2) is 6.54 Å². The summed E-state index contributed by atoms with van der Waals surface area (Å²) in [6.07, 6.45) is 0.893. The van der Waals surface area contributed by atoms with Gasteiger partial charge in [0.1, 0.15) is 0 Å². The van der Waals surface area contributed by atoms with Crippen LogP contribution in [0, 0.1) is 6.92 Å². The summed E-state index contributed by atoms with van der Waals surface area (Å²) in [7, 11) is 0. The summed E-state index contributed by atoms with van der Waals surface area (Å²) >= 11 is 6.31. The zero-order valence-electron chi connectivity index (χ0n) is 16.2. The van der Waals surface area contributed by atoms with Gasteiger partial charge >= 0.3 is 0 Å². The molecule has 0 unspecified atom stereocenters. The number of amides is 1. The van der Waals surface area contributed by atoms with Crippen LogP contribution in [0.25, 0.3) is 0 Å². The highest BCUT2D eigenvalue weighted by molar-refractivity contribution is 6.33. The van der Waals surface area contributed by atoms with Crippen LogP contribution in [0.1, 0.15) is 30.5 Å². The highest BCUT2D eigenvalue weighted by Crippen LogP contribution is 2.24. The van der Waals surface area contributed by atoms with Gasteiger partial charge in [-0.3, -0.25) is 4.79 Å². The molecule has 2 aromatic rings. The minimum atomic E-state index is 0.0851. The summed E-state index contributed by atoms with van der Waals surface area (Å²) in [5.41, 5.74) is 3.50. The van der Waals surface area contributed by atoms with Crippen LogP contribution >= 0.6 is 11.6 Å².